The molecule has 1 atom stereocenters. The van der Waals surface area contributed by atoms with E-state index < -0.39 is 0 Å². The first-order valence-corrected chi connectivity index (χ1v) is 9.72. The first-order valence-electron chi connectivity index (χ1n) is 9.31. The number of nitrogens with one attached hydrogen (secondary N) is 2. The lowest BCUT2D eigenvalue weighted by Crippen LogP contribution is -2.34. The highest BCUT2D eigenvalue weighted by molar-refractivity contribution is 7.71. The maximum atomic E-state index is 12.6. The van der Waals surface area contributed by atoms with Crippen LogP contribution in [0.4, 0.5) is 5.69 Å². The van der Waals surface area contributed by atoms with E-state index in [1.165, 1.54) is 0 Å². The monoisotopic (exact) mass is 403 g/mol. The molecule has 1 fully saturated rings. The number of ether oxygens (including phenoxy) is 1. The second-order valence-corrected chi connectivity index (χ2v) is 7.20. The largest absolute Gasteiger partial charge is 0.495 e. The van der Waals surface area contributed by atoms with E-state index in [0.717, 1.165) is 17.9 Å². The molecule has 1 unspecified atom stereocenters. The van der Waals surface area contributed by atoms with E-state index in [1.54, 1.807) is 12.0 Å². The van der Waals surface area contributed by atoms with Gasteiger partial charge in [-0.1, -0.05) is 6.07 Å². The number of hydrogen-bond acceptors (Lipinski definition) is 5. The number of rotatable bonds is 7. The number of aromatic nitrogens is 3. The Kier molecular flexibility index (Phi) is 6.13. The van der Waals surface area contributed by atoms with Crippen LogP contribution in [0.1, 0.15) is 24.7 Å². The summed E-state index contributed by atoms with van der Waals surface area (Å²) >= 11 is 5.17. The SMILES string of the molecule is CCn1c(CCNC(=O)C2CC(=O)N(c3cc(C)ccc3OC)C2)n[nH]c1=S. The predicted molar refractivity (Wildman–Crippen MR) is 108 cm³/mol. The summed E-state index contributed by atoms with van der Waals surface area (Å²) in [6.45, 7) is 5.46. The van der Waals surface area contributed by atoms with Crippen LogP contribution in [0.15, 0.2) is 18.2 Å². The van der Waals surface area contributed by atoms with E-state index in [2.05, 4.69) is 15.5 Å². The van der Waals surface area contributed by atoms with Gasteiger partial charge in [-0.05, 0) is 43.8 Å². The first kappa shape index (κ1) is 20.1. The Morgan fingerprint density at radius 1 is 1.46 bits per heavy atom. The van der Waals surface area contributed by atoms with Crippen LogP contribution in [0.2, 0.25) is 0 Å². The smallest absolute Gasteiger partial charge is 0.227 e. The number of carbonyl (C=O) groups is 2. The molecule has 8 nitrogen and oxygen atoms in total. The Balaban J connectivity index is 1.61. The lowest BCUT2D eigenvalue weighted by molar-refractivity contribution is -0.126. The fourth-order valence-electron chi connectivity index (χ4n) is 3.44. The molecule has 9 heteroatoms. The summed E-state index contributed by atoms with van der Waals surface area (Å²) in [6, 6.07) is 5.68. The van der Waals surface area contributed by atoms with Crippen LogP contribution >= 0.6 is 12.2 Å². The molecule has 1 aliphatic rings. The number of carbonyl (C=O) groups excluding carboxylic acids is 2. The number of benzene rings is 1. The average molecular weight is 404 g/mol. The summed E-state index contributed by atoms with van der Waals surface area (Å²) in [5.74, 6) is 0.851. The summed E-state index contributed by atoms with van der Waals surface area (Å²) in [5, 5.41) is 9.87. The number of H-pyrrole nitrogens is 1. The standard InChI is InChI=1S/C19H25N5O3S/c1-4-23-16(21-22-19(23)28)7-8-20-18(26)13-10-17(25)24(11-13)14-9-12(2)5-6-15(14)27-3/h5-6,9,13H,4,7-8,10-11H2,1-3H3,(H,20,26)(H,22,28). The molecule has 28 heavy (non-hydrogen) atoms. The fraction of sp³-hybridized carbons (Fsp3) is 0.474. The molecule has 0 bridgehead atoms. The van der Waals surface area contributed by atoms with E-state index >= 15 is 0 Å². The number of nitrogens with zero attached hydrogens (tertiary/aromatic N) is 3. The van der Waals surface area contributed by atoms with Crippen molar-refractivity contribution in [2.45, 2.75) is 33.2 Å². The number of hydrogen-bond donors (Lipinski definition) is 2. The van der Waals surface area contributed by atoms with E-state index in [4.69, 9.17) is 17.0 Å². The molecular weight excluding hydrogens is 378 g/mol. The molecule has 1 aromatic heterocycles. The molecule has 1 saturated heterocycles. The molecule has 150 valence electrons. The van der Waals surface area contributed by atoms with Crippen molar-refractivity contribution in [1.82, 2.24) is 20.1 Å². The van der Waals surface area contributed by atoms with Crippen LogP contribution in [0, 0.1) is 17.6 Å². The van der Waals surface area contributed by atoms with Gasteiger partial charge >= 0.3 is 0 Å². The van der Waals surface area contributed by atoms with Gasteiger partial charge in [-0.15, -0.1) is 0 Å². The minimum Gasteiger partial charge on any atom is -0.495 e. The van der Waals surface area contributed by atoms with Crippen LogP contribution in [0.5, 0.6) is 5.75 Å². The molecule has 0 aliphatic carbocycles. The summed E-state index contributed by atoms with van der Waals surface area (Å²) < 4.78 is 7.85. The Morgan fingerprint density at radius 3 is 2.96 bits per heavy atom. The zero-order valence-electron chi connectivity index (χ0n) is 16.3. The number of aromatic amines is 1. The van der Waals surface area contributed by atoms with Crippen LogP contribution in [-0.4, -0.2) is 46.8 Å². The van der Waals surface area contributed by atoms with Crippen LogP contribution < -0.4 is 15.0 Å². The molecule has 0 saturated carbocycles. The third-order valence-electron chi connectivity index (χ3n) is 4.92. The quantitative estimate of drug-likeness (QED) is 0.690. The van der Waals surface area contributed by atoms with Crippen molar-refractivity contribution in [2.75, 3.05) is 25.1 Å². The van der Waals surface area contributed by atoms with E-state index in [9.17, 15) is 9.59 Å². The van der Waals surface area contributed by atoms with Gasteiger partial charge in [0.2, 0.25) is 11.8 Å². The maximum Gasteiger partial charge on any atom is 0.227 e. The van der Waals surface area contributed by atoms with Gasteiger partial charge in [0.1, 0.15) is 11.6 Å². The van der Waals surface area contributed by atoms with Crippen molar-refractivity contribution in [1.29, 1.82) is 0 Å². The summed E-state index contributed by atoms with van der Waals surface area (Å²) in [5.41, 5.74) is 1.74. The third kappa shape index (κ3) is 4.09. The second kappa shape index (κ2) is 8.55. The highest BCUT2D eigenvalue weighted by Crippen LogP contribution is 2.33. The molecule has 1 aromatic carbocycles. The van der Waals surface area contributed by atoms with Gasteiger partial charge in [-0.25, -0.2) is 0 Å². The topological polar surface area (TPSA) is 92.2 Å². The van der Waals surface area contributed by atoms with Crippen LogP contribution in [0.3, 0.4) is 0 Å². The van der Waals surface area contributed by atoms with Gasteiger partial charge < -0.3 is 19.5 Å². The Bertz CT molecular complexity index is 936. The molecule has 2 amide bonds. The fourth-order valence-corrected chi connectivity index (χ4v) is 3.72. The third-order valence-corrected chi connectivity index (χ3v) is 5.23. The highest BCUT2D eigenvalue weighted by atomic mass is 32.1. The Morgan fingerprint density at radius 2 is 2.25 bits per heavy atom. The molecule has 2 N–H and O–H groups in total. The van der Waals surface area contributed by atoms with E-state index in [0.29, 0.717) is 35.7 Å². The second-order valence-electron chi connectivity index (χ2n) is 6.81. The molecule has 2 heterocycles. The predicted octanol–water partition coefficient (Wildman–Crippen LogP) is 1.99. The van der Waals surface area contributed by atoms with Crippen LogP contribution in [-0.2, 0) is 22.6 Å². The Labute approximate surface area is 168 Å². The number of amides is 2. The Hall–Kier alpha value is -2.68. The average Bonchev–Trinajstić information content (AvgIpc) is 3.24. The van der Waals surface area contributed by atoms with Crippen molar-refractivity contribution in [3.63, 3.8) is 0 Å². The molecular formula is C19H25N5O3S. The zero-order valence-corrected chi connectivity index (χ0v) is 17.1. The lowest BCUT2D eigenvalue weighted by Gasteiger charge is -2.20. The number of aryl methyl sites for hydroxylation is 1. The molecule has 1 aliphatic heterocycles. The first-order chi connectivity index (χ1) is 13.4. The maximum absolute atomic E-state index is 12.6. The molecule has 3 rings (SSSR count). The minimum atomic E-state index is -0.385. The summed E-state index contributed by atoms with van der Waals surface area (Å²) in [4.78, 5) is 26.7. The summed E-state index contributed by atoms with van der Waals surface area (Å²) in [6.07, 6.45) is 0.763. The van der Waals surface area contributed by atoms with Crippen molar-refractivity contribution in [3.8, 4) is 5.75 Å². The van der Waals surface area contributed by atoms with Gasteiger partial charge in [-0.2, -0.15) is 5.10 Å². The minimum absolute atomic E-state index is 0.0732. The van der Waals surface area contributed by atoms with Gasteiger partial charge in [0, 0.05) is 32.5 Å². The van der Waals surface area contributed by atoms with Crippen molar-refractivity contribution >= 4 is 29.7 Å². The van der Waals surface area contributed by atoms with Gasteiger partial charge in [0.05, 0.1) is 18.7 Å². The van der Waals surface area contributed by atoms with E-state index in [-0.39, 0.29) is 24.2 Å². The van der Waals surface area contributed by atoms with Crippen molar-refractivity contribution in [2.24, 2.45) is 5.92 Å². The van der Waals surface area contributed by atoms with Gasteiger partial charge in [0.25, 0.3) is 0 Å². The normalized spacial score (nSPS) is 16.5. The van der Waals surface area contributed by atoms with E-state index in [1.807, 2.05) is 36.6 Å². The summed E-state index contributed by atoms with van der Waals surface area (Å²) in [7, 11) is 1.57. The molecule has 0 radical (unpaired) electrons. The highest BCUT2D eigenvalue weighted by Gasteiger charge is 2.36. The van der Waals surface area contributed by atoms with Crippen LogP contribution in [0.25, 0.3) is 0 Å². The lowest BCUT2D eigenvalue weighted by atomic mass is 10.1. The van der Waals surface area contributed by atoms with Gasteiger partial charge in [0.15, 0.2) is 4.77 Å². The number of anilines is 1. The van der Waals surface area contributed by atoms with Crippen molar-refractivity contribution < 1.29 is 14.3 Å². The number of methoxy groups -OCH3 is 1. The van der Waals surface area contributed by atoms with Crippen molar-refractivity contribution in [3.05, 3.63) is 34.4 Å². The van der Waals surface area contributed by atoms with Gasteiger partial charge in [-0.3, -0.25) is 14.7 Å². The molecule has 0 spiro atoms. The molecule has 2 aromatic rings. The zero-order chi connectivity index (χ0) is 20.3.